The molecule has 0 saturated carbocycles. The molecule has 17 heavy (non-hydrogen) atoms. The third-order valence-electron chi connectivity index (χ3n) is 2.60. The van der Waals surface area contributed by atoms with E-state index in [4.69, 9.17) is 5.73 Å². The van der Waals surface area contributed by atoms with Crippen molar-refractivity contribution >= 4 is 5.91 Å². The average Bonchev–Trinajstić information content (AvgIpc) is 2.34. The number of rotatable bonds is 6. The topological polar surface area (TPSA) is 88.0 Å². The monoisotopic (exact) mass is 237 g/mol. The van der Waals surface area contributed by atoms with Crippen molar-refractivity contribution in [3.8, 4) is 0 Å². The van der Waals surface area contributed by atoms with Gasteiger partial charge in [0.1, 0.15) is 0 Å². The van der Waals surface area contributed by atoms with Gasteiger partial charge in [-0.15, -0.1) is 0 Å². The smallest absolute Gasteiger partial charge is 0.251 e. The van der Waals surface area contributed by atoms with Gasteiger partial charge in [-0.2, -0.15) is 0 Å². The van der Waals surface area contributed by atoms with Crippen LogP contribution in [0.15, 0.2) is 23.1 Å². The van der Waals surface area contributed by atoms with Crippen LogP contribution in [0.2, 0.25) is 0 Å². The van der Waals surface area contributed by atoms with Gasteiger partial charge in [-0.05, 0) is 31.4 Å². The fourth-order valence-corrected chi connectivity index (χ4v) is 1.46. The van der Waals surface area contributed by atoms with E-state index in [0.29, 0.717) is 24.6 Å². The SMILES string of the molecule is CC(CN)CCCNC(=O)c1cc[nH]c(=O)c1. The molecule has 1 unspecified atom stereocenters. The first kappa shape index (κ1) is 13.4. The lowest BCUT2D eigenvalue weighted by Gasteiger charge is -2.08. The van der Waals surface area contributed by atoms with E-state index >= 15 is 0 Å². The van der Waals surface area contributed by atoms with E-state index in [1.54, 1.807) is 6.07 Å². The fourth-order valence-electron chi connectivity index (χ4n) is 1.46. The zero-order valence-electron chi connectivity index (χ0n) is 10.0. The number of pyridine rings is 1. The molecule has 1 rings (SSSR count). The molecule has 0 aliphatic heterocycles. The van der Waals surface area contributed by atoms with Crippen molar-refractivity contribution in [2.45, 2.75) is 19.8 Å². The van der Waals surface area contributed by atoms with Gasteiger partial charge in [0.05, 0.1) is 0 Å². The molecule has 0 radical (unpaired) electrons. The molecule has 5 nitrogen and oxygen atoms in total. The van der Waals surface area contributed by atoms with Gasteiger partial charge in [0.25, 0.3) is 5.91 Å². The first-order valence-electron chi connectivity index (χ1n) is 5.80. The van der Waals surface area contributed by atoms with Crippen molar-refractivity contribution in [3.63, 3.8) is 0 Å². The van der Waals surface area contributed by atoms with Crippen molar-refractivity contribution < 1.29 is 4.79 Å². The zero-order valence-corrected chi connectivity index (χ0v) is 10.0. The van der Waals surface area contributed by atoms with Crippen LogP contribution in [0.3, 0.4) is 0 Å². The van der Waals surface area contributed by atoms with Gasteiger partial charge in [-0.25, -0.2) is 0 Å². The van der Waals surface area contributed by atoms with Crippen molar-refractivity contribution in [1.82, 2.24) is 10.3 Å². The Balaban J connectivity index is 2.33. The van der Waals surface area contributed by atoms with Crippen LogP contribution in [0.5, 0.6) is 0 Å². The minimum atomic E-state index is -0.269. The van der Waals surface area contributed by atoms with Crippen LogP contribution < -0.4 is 16.6 Å². The van der Waals surface area contributed by atoms with E-state index in [9.17, 15) is 9.59 Å². The summed E-state index contributed by atoms with van der Waals surface area (Å²) < 4.78 is 0. The number of H-pyrrole nitrogens is 1. The van der Waals surface area contributed by atoms with E-state index in [-0.39, 0.29) is 11.5 Å². The first-order chi connectivity index (χ1) is 8.13. The Labute approximate surface area is 100 Å². The Bertz CT molecular complexity index is 414. The summed E-state index contributed by atoms with van der Waals surface area (Å²) in [6.45, 7) is 3.36. The molecule has 0 fully saturated rings. The molecule has 1 heterocycles. The van der Waals surface area contributed by atoms with E-state index in [0.717, 1.165) is 12.8 Å². The van der Waals surface area contributed by atoms with Crippen LogP contribution in [-0.4, -0.2) is 24.0 Å². The molecule has 0 bridgehead atoms. The lowest BCUT2D eigenvalue weighted by Crippen LogP contribution is -2.26. The fraction of sp³-hybridized carbons (Fsp3) is 0.500. The summed E-state index contributed by atoms with van der Waals surface area (Å²) in [7, 11) is 0. The summed E-state index contributed by atoms with van der Waals surface area (Å²) in [5, 5.41) is 2.77. The highest BCUT2D eigenvalue weighted by molar-refractivity contribution is 5.93. The van der Waals surface area contributed by atoms with Gasteiger partial charge < -0.3 is 16.0 Å². The van der Waals surface area contributed by atoms with Crippen LogP contribution in [-0.2, 0) is 0 Å². The second-order valence-corrected chi connectivity index (χ2v) is 4.18. The molecule has 0 spiro atoms. The van der Waals surface area contributed by atoms with Gasteiger partial charge in [-0.1, -0.05) is 6.92 Å². The summed E-state index contributed by atoms with van der Waals surface area (Å²) in [6, 6.07) is 2.87. The van der Waals surface area contributed by atoms with E-state index in [2.05, 4.69) is 17.2 Å². The number of hydrogen-bond acceptors (Lipinski definition) is 3. The lowest BCUT2D eigenvalue weighted by molar-refractivity contribution is 0.0952. The van der Waals surface area contributed by atoms with Crippen LogP contribution >= 0.6 is 0 Å². The first-order valence-corrected chi connectivity index (χ1v) is 5.80. The maximum Gasteiger partial charge on any atom is 0.251 e. The molecular weight excluding hydrogens is 218 g/mol. The van der Waals surface area contributed by atoms with Gasteiger partial charge in [0.2, 0.25) is 5.56 Å². The molecule has 1 aromatic rings. The van der Waals surface area contributed by atoms with Gasteiger partial charge in [-0.3, -0.25) is 9.59 Å². The molecule has 94 valence electrons. The molecular formula is C12H19N3O2. The van der Waals surface area contributed by atoms with Crippen molar-refractivity contribution in [3.05, 3.63) is 34.2 Å². The Morgan fingerprint density at radius 2 is 2.35 bits per heavy atom. The number of nitrogens with two attached hydrogens (primary N) is 1. The molecule has 1 atom stereocenters. The van der Waals surface area contributed by atoms with E-state index in [1.165, 1.54) is 12.3 Å². The summed E-state index contributed by atoms with van der Waals surface area (Å²) in [4.78, 5) is 25.1. The normalized spacial score (nSPS) is 12.1. The summed E-state index contributed by atoms with van der Waals surface area (Å²) in [6.07, 6.45) is 3.35. The molecule has 1 amide bonds. The summed E-state index contributed by atoms with van der Waals surface area (Å²) >= 11 is 0. The molecule has 0 aromatic carbocycles. The summed E-state index contributed by atoms with van der Waals surface area (Å²) in [5.74, 6) is 0.267. The van der Waals surface area contributed by atoms with Crippen LogP contribution in [0, 0.1) is 5.92 Å². The van der Waals surface area contributed by atoms with Gasteiger partial charge in [0.15, 0.2) is 0 Å². The number of aromatic amines is 1. The summed E-state index contributed by atoms with van der Waals surface area (Å²) in [5.41, 5.74) is 5.62. The maximum atomic E-state index is 11.6. The Morgan fingerprint density at radius 1 is 1.59 bits per heavy atom. The molecule has 0 saturated heterocycles. The number of hydrogen-bond donors (Lipinski definition) is 3. The lowest BCUT2D eigenvalue weighted by atomic mass is 10.1. The number of carbonyl (C=O) groups excluding carboxylic acids is 1. The van der Waals surface area contributed by atoms with E-state index in [1.807, 2.05) is 0 Å². The maximum absolute atomic E-state index is 11.6. The van der Waals surface area contributed by atoms with Crippen LogP contribution in [0.1, 0.15) is 30.1 Å². The third kappa shape index (κ3) is 4.82. The molecule has 1 aromatic heterocycles. The number of aromatic nitrogens is 1. The van der Waals surface area contributed by atoms with Crippen LogP contribution in [0.25, 0.3) is 0 Å². The molecule has 0 aliphatic rings. The zero-order chi connectivity index (χ0) is 12.7. The number of amides is 1. The van der Waals surface area contributed by atoms with Crippen LogP contribution in [0.4, 0.5) is 0 Å². The standard InChI is InChI=1S/C12H19N3O2/c1-9(8-13)3-2-5-15-12(17)10-4-6-14-11(16)7-10/h4,6-7,9H,2-3,5,8,13H2,1H3,(H,14,16)(H,15,17). The minimum absolute atomic E-state index is 0.212. The Kier molecular flexibility index (Phi) is 5.42. The molecule has 4 N–H and O–H groups in total. The second kappa shape index (κ2) is 6.85. The predicted octanol–water partition coefficient (Wildman–Crippen LogP) is 0.480. The Hall–Kier alpha value is -1.62. The van der Waals surface area contributed by atoms with Gasteiger partial charge in [0, 0.05) is 24.4 Å². The quantitative estimate of drug-likeness (QED) is 0.629. The largest absolute Gasteiger partial charge is 0.352 e. The highest BCUT2D eigenvalue weighted by Crippen LogP contribution is 2.02. The number of carbonyl (C=O) groups is 1. The number of nitrogens with one attached hydrogen (secondary N) is 2. The minimum Gasteiger partial charge on any atom is -0.352 e. The van der Waals surface area contributed by atoms with Crippen molar-refractivity contribution in [2.75, 3.05) is 13.1 Å². The highest BCUT2D eigenvalue weighted by Gasteiger charge is 2.05. The Morgan fingerprint density at radius 3 is 3.00 bits per heavy atom. The van der Waals surface area contributed by atoms with Gasteiger partial charge >= 0.3 is 0 Å². The van der Waals surface area contributed by atoms with E-state index < -0.39 is 0 Å². The highest BCUT2D eigenvalue weighted by atomic mass is 16.2. The molecule has 5 heteroatoms. The predicted molar refractivity (Wildman–Crippen MR) is 66.8 cm³/mol. The second-order valence-electron chi connectivity index (χ2n) is 4.18. The third-order valence-corrected chi connectivity index (χ3v) is 2.60. The van der Waals surface area contributed by atoms with Crippen molar-refractivity contribution in [2.24, 2.45) is 11.7 Å². The average molecular weight is 237 g/mol. The molecule has 0 aliphatic carbocycles. The van der Waals surface area contributed by atoms with Crippen molar-refractivity contribution in [1.29, 1.82) is 0 Å².